The Labute approximate surface area is 201 Å². The van der Waals surface area contributed by atoms with E-state index in [9.17, 15) is 14.4 Å². The highest BCUT2D eigenvalue weighted by Crippen LogP contribution is 2.62. The molecule has 8 heteroatoms. The second kappa shape index (κ2) is 7.90. The average Bonchev–Trinajstić information content (AvgIpc) is 3.46. The lowest BCUT2D eigenvalue weighted by molar-refractivity contribution is -0.129. The van der Waals surface area contributed by atoms with Crippen LogP contribution < -0.4 is 11.1 Å². The number of hydrogen-bond donors (Lipinski definition) is 2. The second-order valence-corrected chi connectivity index (χ2v) is 11.8. The van der Waals surface area contributed by atoms with Crippen molar-refractivity contribution in [1.82, 2.24) is 9.97 Å². The van der Waals surface area contributed by atoms with Crippen LogP contribution >= 0.6 is 11.3 Å². The van der Waals surface area contributed by atoms with E-state index in [-0.39, 0.29) is 17.2 Å². The number of oxazole rings is 1. The summed E-state index contributed by atoms with van der Waals surface area (Å²) in [5.74, 6) is 1.26. The fourth-order valence-electron chi connectivity index (χ4n) is 7.33. The van der Waals surface area contributed by atoms with Crippen molar-refractivity contribution in [3.05, 3.63) is 44.9 Å². The van der Waals surface area contributed by atoms with Crippen molar-refractivity contribution >= 4 is 39.3 Å². The fourth-order valence-corrected chi connectivity index (χ4v) is 8.01. The number of H-pyrrole nitrogens is 1. The maximum Gasteiger partial charge on any atom is 0.417 e. The van der Waals surface area contributed by atoms with Gasteiger partial charge in [-0.05, 0) is 79.9 Å². The first-order valence-corrected chi connectivity index (χ1v) is 13.1. The van der Waals surface area contributed by atoms with Crippen LogP contribution in [0, 0.1) is 30.1 Å². The van der Waals surface area contributed by atoms with Gasteiger partial charge < -0.3 is 9.73 Å². The van der Waals surface area contributed by atoms with Crippen molar-refractivity contribution in [3.8, 4) is 0 Å². The molecule has 34 heavy (non-hydrogen) atoms. The molecule has 7 nitrogen and oxygen atoms in total. The molecule has 0 radical (unpaired) electrons. The van der Waals surface area contributed by atoms with Crippen LogP contribution in [0.4, 0.5) is 5.13 Å². The van der Waals surface area contributed by atoms with Crippen molar-refractivity contribution in [3.63, 3.8) is 0 Å². The molecule has 0 bridgehead atoms. The predicted molar refractivity (Wildman–Crippen MR) is 130 cm³/mol. The Hall–Kier alpha value is -2.74. The monoisotopic (exact) mass is 479 g/mol. The zero-order chi connectivity index (χ0) is 23.6. The highest BCUT2D eigenvalue weighted by atomic mass is 32.1. The van der Waals surface area contributed by atoms with E-state index < -0.39 is 5.76 Å². The van der Waals surface area contributed by atoms with Crippen LogP contribution in [0.25, 0.3) is 11.1 Å². The molecule has 3 aliphatic carbocycles. The van der Waals surface area contributed by atoms with Gasteiger partial charge in [0.2, 0.25) is 5.91 Å². The molecule has 0 spiro atoms. The first-order valence-electron chi connectivity index (χ1n) is 12.2. The Morgan fingerprint density at radius 1 is 1.32 bits per heavy atom. The quantitative estimate of drug-likeness (QED) is 0.550. The highest BCUT2D eigenvalue weighted by Gasteiger charge is 2.58. The number of anilines is 1. The van der Waals surface area contributed by atoms with Gasteiger partial charge in [0.05, 0.1) is 5.52 Å². The summed E-state index contributed by atoms with van der Waals surface area (Å²) in [5.41, 5.74) is 3.67. The van der Waals surface area contributed by atoms with Crippen molar-refractivity contribution in [2.45, 2.75) is 64.7 Å². The number of aryl methyl sites for hydroxylation is 2. The largest absolute Gasteiger partial charge is 0.417 e. The van der Waals surface area contributed by atoms with E-state index in [1.165, 1.54) is 22.5 Å². The number of aromatic nitrogens is 2. The van der Waals surface area contributed by atoms with Gasteiger partial charge in [0.1, 0.15) is 5.78 Å². The van der Waals surface area contributed by atoms with Crippen LogP contribution in [0.5, 0.6) is 0 Å². The Balaban J connectivity index is 1.25. The van der Waals surface area contributed by atoms with E-state index in [2.05, 4.69) is 28.3 Å². The molecular formula is C26H29N3O4S. The second-order valence-electron chi connectivity index (χ2n) is 10.6. The minimum Gasteiger partial charge on any atom is -0.408 e. The number of carbonyl (C=O) groups excluding carboxylic acids is 2. The van der Waals surface area contributed by atoms with Crippen LogP contribution in [-0.4, -0.2) is 21.7 Å². The average molecular weight is 480 g/mol. The summed E-state index contributed by atoms with van der Waals surface area (Å²) in [7, 11) is 0. The Morgan fingerprint density at radius 2 is 2.18 bits per heavy atom. The number of fused-ring (bicyclic) bond motifs is 7. The number of aromatic amines is 1. The smallest absolute Gasteiger partial charge is 0.408 e. The Kier molecular flexibility index (Phi) is 5.06. The molecule has 178 valence electrons. The molecule has 2 heterocycles. The number of amides is 1. The molecule has 2 N–H and O–H groups in total. The lowest BCUT2D eigenvalue weighted by atomic mass is 9.54. The van der Waals surface area contributed by atoms with Gasteiger partial charge in [0.25, 0.3) is 0 Å². The zero-order valence-electron chi connectivity index (χ0n) is 19.5. The van der Waals surface area contributed by atoms with Gasteiger partial charge in [-0.25, -0.2) is 9.78 Å². The zero-order valence-corrected chi connectivity index (χ0v) is 20.3. The summed E-state index contributed by atoms with van der Waals surface area (Å²) in [4.78, 5) is 45.8. The third-order valence-corrected chi connectivity index (χ3v) is 9.59. The molecule has 2 saturated carbocycles. The van der Waals surface area contributed by atoms with Crippen LogP contribution in [0.1, 0.15) is 67.4 Å². The molecule has 2 fully saturated rings. The third kappa shape index (κ3) is 3.37. The minimum atomic E-state index is -0.408. The number of hydrogen-bond acceptors (Lipinski definition) is 6. The summed E-state index contributed by atoms with van der Waals surface area (Å²) in [5, 5.41) is 3.55. The van der Waals surface area contributed by atoms with Gasteiger partial charge in [-0.1, -0.05) is 13.0 Å². The molecule has 5 atom stereocenters. The van der Waals surface area contributed by atoms with Crippen molar-refractivity contribution in [2.24, 2.45) is 23.2 Å². The molecule has 1 amide bonds. The molecular weight excluding hydrogens is 450 g/mol. The summed E-state index contributed by atoms with van der Waals surface area (Å²) >= 11 is 1.48. The standard InChI is InChI=1S/C26H29N3O4S/c1-13-12-27-24(34-13)28-21(31)8-3-14-11-20(30)26(2)10-9-16-15-6-7-19-23(29-25(32)33-19)18(15)5-4-17(16)22(14)26/h6-7,12,14,16-17,22H,3-5,8-11H2,1-2H3,(H,29,32)(H,27,28,31). The maximum atomic E-state index is 13.2. The lowest BCUT2D eigenvalue weighted by Gasteiger charge is -2.50. The molecule has 1 aromatic carbocycles. The van der Waals surface area contributed by atoms with E-state index in [0.717, 1.165) is 42.5 Å². The first kappa shape index (κ1) is 21.8. The Bertz CT molecular complexity index is 1350. The van der Waals surface area contributed by atoms with Crippen molar-refractivity contribution in [2.75, 3.05) is 5.32 Å². The summed E-state index contributed by atoms with van der Waals surface area (Å²) < 4.78 is 5.29. The summed E-state index contributed by atoms with van der Waals surface area (Å²) in [6.07, 6.45) is 7.23. The number of nitrogens with one attached hydrogen (secondary N) is 2. The van der Waals surface area contributed by atoms with Gasteiger partial charge in [0.15, 0.2) is 10.7 Å². The van der Waals surface area contributed by atoms with E-state index in [0.29, 0.717) is 47.1 Å². The van der Waals surface area contributed by atoms with Gasteiger partial charge in [-0.15, -0.1) is 11.3 Å². The van der Waals surface area contributed by atoms with Crippen LogP contribution in [0.2, 0.25) is 0 Å². The topological polar surface area (TPSA) is 105 Å². The summed E-state index contributed by atoms with van der Waals surface area (Å²) in [6, 6.07) is 4.04. The van der Waals surface area contributed by atoms with Gasteiger partial charge in [-0.2, -0.15) is 0 Å². The lowest BCUT2D eigenvalue weighted by Crippen LogP contribution is -2.44. The number of thiazole rings is 1. The van der Waals surface area contributed by atoms with Gasteiger partial charge in [0, 0.05) is 29.3 Å². The van der Waals surface area contributed by atoms with E-state index in [4.69, 9.17) is 4.42 Å². The number of ketones is 1. The number of benzene rings is 1. The molecule has 5 unspecified atom stereocenters. The molecule has 3 aliphatic rings. The fraction of sp³-hybridized carbons (Fsp3) is 0.538. The van der Waals surface area contributed by atoms with Crippen LogP contribution in [-0.2, 0) is 16.0 Å². The minimum absolute atomic E-state index is 0.0249. The molecule has 0 saturated heterocycles. The normalized spacial score (nSPS) is 30.1. The van der Waals surface area contributed by atoms with E-state index in [1.54, 1.807) is 6.20 Å². The molecule has 3 aromatic rings. The predicted octanol–water partition coefficient (Wildman–Crippen LogP) is 4.96. The Morgan fingerprint density at radius 3 is 2.97 bits per heavy atom. The third-order valence-electron chi connectivity index (χ3n) is 8.76. The highest BCUT2D eigenvalue weighted by molar-refractivity contribution is 7.15. The number of Topliss-reactive ketones (excluding diaryl/α,β-unsaturated/α-hetero) is 1. The van der Waals surface area contributed by atoms with Crippen molar-refractivity contribution in [1.29, 1.82) is 0 Å². The maximum absolute atomic E-state index is 13.2. The van der Waals surface area contributed by atoms with Crippen LogP contribution in [0.3, 0.4) is 0 Å². The first-order chi connectivity index (χ1) is 16.3. The number of carbonyl (C=O) groups is 2. The summed E-state index contributed by atoms with van der Waals surface area (Å²) in [6.45, 7) is 4.14. The molecule has 2 aromatic heterocycles. The number of rotatable bonds is 4. The van der Waals surface area contributed by atoms with Crippen molar-refractivity contribution < 1.29 is 14.0 Å². The molecule has 6 rings (SSSR count). The van der Waals surface area contributed by atoms with E-state index >= 15 is 0 Å². The van der Waals surface area contributed by atoms with E-state index in [1.807, 2.05) is 13.0 Å². The number of nitrogens with zero attached hydrogens (tertiary/aromatic N) is 1. The van der Waals surface area contributed by atoms with Crippen LogP contribution in [0.15, 0.2) is 27.5 Å². The van der Waals surface area contributed by atoms with Gasteiger partial charge in [-0.3, -0.25) is 14.6 Å². The SMILES string of the molecule is Cc1cnc(NC(=O)CCC2CC(=O)C3(C)CCC4c5ccc6oc(=O)[nH]c6c5CCC4C23)s1. The van der Waals surface area contributed by atoms with Gasteiger partial charge >= 0.3 is 5.76 Å². The molecule has 0 aliphatic heterocycles.